The van der Waals surface area contributed by atoms with Gasteiger partial charge in [-0.15, -0.1) is 10.2 Å². The second kappa shape index (κ2) is 18.1. The second-order valence-corrected chi connectivity index (χ2v) is 20.0. The third kappa shape index (κ3) is 8.80. The number of nitrogens with zero attached hydrogens (tertiary/aromatic N) is 10. The molecular formula is C50H42N12O4S2. The van der Waals surface area contributed by atoms with Crippen LogP contribution < -0.4 is 19.2 Å². The Morgan fingerprint density at radius 1 is 0.456 bits per heavy atom. The van der Waals surface area contributed by atoms with Gasteiger partial charge in [-0.1, -0.05) is 72.8 Å². The molecule has 0 aliphatic heterocycles. The average molecular weight is 939 g/mol. The number of fused-ring (bicyclic) bond motifs is 2. The van der Waals surface area contributed by atoms with Crippen molar-refractivity contribution in [2.24, 2.45) is 0 Å². The van der Waals surface area contributed by atoms with Crippen LogP contribution in [0.15, 0.2) is 183 Å². The molecule has 0 aliphatic carbocycles. The predicted octanol–water partition coefficient (Wildman–Crippen LogP) is 8.95. The maximum absolute atomic E-state index is 14.1. The van der Waals surface area contributed by atoms with Gasteiger partial charge in [-0.05, 0) is 95.1 Å². The summed E-state index contributed by atoms with van der Waals surface area (Å²) >= 11 is 0. The van der Waals surface area contributed by atoms with Gasteiger partial charge in [0.2, 0.25) is 31.9 Å². The highest BCUT2D eigenvalue weighted by molar-refractivity contribution is 7.96. The van der Waals surface area contributed by atoms with Crippen molar-refractivity contribution in [3.05, 3.63) is 183 Å². The lowest BCUT2D eigenvalue weighted by Gasteiger charge is -2.25. The molecular weight excluding hydrogens is 897 g/mol. The molecule has 10 rings (SSSR count). The van der Waals surface area contributed by atoms with Gasteiger partial charge in [0.1, 0.15) is 0 Å². The molecule has 0 saturated heterocycles. The number of sulfonamides is 2. The van der Waals surface area contributed by atoms with Gasteiger partial charge >= 0.3 is 0 Å². The lowest BCUT2D eigenvalue weighted by Crippen LogP contribution is -2.36. The molecule has 18 heteroatoms. The molecule has 0 saturated carbocycles. The number of anilines is 6. The van der Waals surface area contributed by atoms with Gasteiger partial charge in [0.15, 0.2) is 0 Å². The summed E-state index contributed by atoms with van der Waals surface area (Å²) in [4.78, 5) is 17.4. The van der Waals surface area contributed by atoms with Crippen LogP contribution in [-0.4, -0.2) is 81.6 Å². The quantitative estimate of drug-likeness (QED) is 0.0996. The van der Waals surface area contributed by atoms with Gasteiger partial charge in [0.05, 0.1) is 57.7 Å². The summed E-state index contributed by atoms with van der Waals surface area (Å²) in [6, 6.07) is 44.8. The molecule has 0 atom stereocenters. The van der Waals surface area contributed by atoms with E-state index in [4.69, 9.17) is 10.2 Å². The van der Waals surface area contributed by atoms with Gasteiger partial charge in [-0.25, -0.2) is 35.8 Å². The fourth-order valence-corrected chi connectivity index (χ4v) is 11.0. The lowest BCUT2D eigenvalue weighted by molar-refractivity contribution is 0.586. The van der Waals surface area contributed by atoms with Gasteiger partial charge in [0.25, 0.3) is 0 Å². The molecule has 0 fully saturated rings. The number of rotatable bonds is 15. The summed E-state index contributed by atoms with van der Waals surface area (Å²) in [5, 5.41) is 16.0. The van der Waals surface area contributed by atoms with Crippen molar-refractivity contribution < 1.29 is 16.8 Å². The van der Waals surface area contributed by atoms with Crippen LogP contribution >= 0.6 is 0 Å². The Kier molecular flexibility index (Phi) is 11.5. The Labute approximate surface area is 392 Å². The van der Waals surface area contributed by atoms with Gasteiger partial charge in [-0.3, -0.25) is 18.6 Å². The van der Waals surface area contributed by atoms with Crippen molar-refractivity contribution in [3.8, 4) is 44.8 Å². The van der Waals surface area contributed by atoms with E-state index in [1.807, 2.05) is 97.1 Å². The number of nitrogens with one attached hydrogen (secondary N) is 2. The maximum atomic E-state index is 14.1. The monoisotopic (exact) mass is 938 g/mol. The summed E-state index contributed by atoms with van der Waals surface area (Å²) in [6.07, 6.45) is 10.4. The smallest absolute Gasteiger partial charge is 0.245 e. The molecule has 338 valence electrons. The Bertz CT molecular complexity index is 3410. The van der Waals surface area contributed by atoms with E-state index < -0.39 is 31.6 Å². The van der Waals surface area contributed by atoms with E-state index in [0.29, 0.717) is 56.8 Å². The van der Waals surface area contributed by atoms with Crippen molar-refractivity contribution >= 4 is 65.7 Å². The van der Waals surface area contributed by atoms with Crippen molar-refractivity contribution in [1.29, 1.82) is 0 Å². The Hall–Kier alpha value is -8.48. The van der Waals surface area contributed by atoms with Crippen LogP contribution in [0.5, 0.6) is 0 Å². The Balaban J connectivity index is 0.852. The first-order valence-corrected chi connectivity index (χ1v) is 24.6. The third-order valence-corrected chi connectivity index (χ3v) is 15.3. The first-order chi connectivity index (χ1) is 33.0. The van der Waals surface area contributed by atoms with Gasteiger partial charge < -0.3 is 10.6 Å². The lowest BCUT2D eigenvalue weighted by atomic mass is 10.1. The van der Waals surface area contributed by atoms with Crippen LogP contribution in [0.3, 0.4) is 0 Å². The van der Waals surface area contributed by atoms with Crippen LogP contribution in [0.25, 0.3) is 55.8 Å². The van der Waals surface area contributed by atoms with E-state index in [1.54, 1.807) is 94.7 Å². The molecule has 10 aromatic rings. The largest absolute Gasteiger partial charge is 0.323 e. The second-order valence-electron chi connectivity index (χ2n) is 15.8. The normalized spacial score (nSPS) is 11.7. The standard InChI is InChI=1S/C50H42N12O4S2/c1-59(45-13-5-3-11-43(45)47-25-23-41-33-53-49(57-61(41)47)55-39-19-15-35(16-20-39)37-9-7-27-51-31-37)67(63,64)29-30-68(65,66)60(2)46-14-6-4-12-44(46)48-26-24-42-34-54-50(58-62(42)48)56-40-21-17-36(18-22-40)38-10-8-28-52-32-38/h3-28,31-34H,29-30H2,1-2H3,(H,55,57)(H,56,58). The summed E-state index contributed by atoms with van der Waals surface area (Å²) in [5.74, 6) is -0.704. The number of pyridine rings is 2. The number of para-hydroxylation sites is 2. The Morgan fingerprint density at radius 3 is 1.26 bits per heavy atom. The molecule has 0 aliphatic rings. The van der Waals surface area contributed by atoms with Crippen molar-refractivity contribution in [2.45, 2.75) is 0 Å². The molecule has 2 N–H and O–H groups in total. The molecule has 0 unspecified atom stereocenters. The minimum absolute atomic E-state index is 0.332. The molecule has 16 nitrogen and oxygen atoms in total. The minimum atomic E-state index is -4.19. The summed E-state index contributed by atoms with van der Waals surface area (Å²) in [5.41, 5.74) is 10.0. The average Bonchev–Trinajstić information content (AvgIpc) is 4.00. The van der Waals surface area contributed by atoms with Crippen molar-refractivity contribution in [3.63, 3.8) is 0 Å². The molecule has 6 heterocycles. The zero-order valence-corrected chi connectivity index (χ0v) is 38.3. The minimum Gasteiger partial charge on any atom is -0.323 e. The van der Waals surface area contributed by atoms with Crippen LogP contribution in [0, 0.1) is 0 Å². The van der Waals surface area contributed by atoms with Crippen molar-refractivity contribution in [1.82, 2.24) is 39.2 Å². The highest BCUT2D eigenvalue weighted by atomic mass is 32.2. The van der Waals surface area contributed by atoms with E-state index in [2.05, 4.69) is 30.6 Å². The predicted molar refractivity (Wildman–Crippen MR) is 267 cm³/mol. The fourth-order valence-electron chi connectivity index (χ4n) is 7.86. The van der Waals surface area contributed by atoms with Gasteiger partial charge in [-0.2, -0.15) is 0 Å². The number of hydrogen-bond donors (Lipinski definition) is 2. The maximum Gasteiger partial charge on any atom is 0.245 e. The van der Waals surface area contributed by atoms with Crippen LogP contribution in [0.2, 0.25) is 0 Å². The molecule has 0 radical (unpaired) electrons. The van der Waals surface area contributed by atoms with E-state index in [1.165, 1.54) is 14.1 Å². The summed E-state index contributed by atoms with van der Waals surface area (Å²) < 4.78 is 62.1. The van der Waals surface area contributed by atoms with E-state index in [-0.39, 0.29) is 0 Å². The van der Waals surface area contributed by atoms with E-state index in [0.717, 1.165) is 42.2 Å². The first-order valence-electron chi connectivity index (χ1n) is 21.4. The first kappa shape index (κ1) is 43.4. The number of benzene rings is 4. The topological polar surface area (TPSA) is 185 Å². The number of aromatic nitrogens is 8. The third-order valence-electron chi connectivity index (χ3n) is 11.5. The number of hydrogen-bond acceptors (Lipinski definition) is 12. The summed E-state index contributed by atoms with van der Waals surface area (Å²) in [7, 11) is -5.54. The molecule has 68 heavy (non-hydrogen) atoms. The molecule has 0 amide bonds. The zero-order chi connectivity index (χ0) is 46.8. The molecule has 4 aromatic carbocycles. The van der Waals surface area contributed by atoms with Gasteiger partial charge in [0, 0.05) is 61.4 Å². The fraction of sp³-hybridized carbons (Fsp3) is 0.0800. The van der Waals surface area contributed by atoms with Crippen LogP contribution in [0.4, 0.5) is 34.6 Å². The zero-order valence-electron chi connectivity index (χ0n) is 36.7. The SMILES string of the molecule is CN(c1ccccc1-c1ccc2cnc(Nc3ccc(-c4cccnc4)cc3)nn12)S(=O)(=O)CCS(=O)(=O)N(C)c1ccccc1-c1ccc2cnc(Nc3ccc(-c4cccnc4)cc3)nn12. The highest BCUT2D eigenvalue weighted by Gasteiger charge is 2.29. The summed E-state index contributed by atoms with van der Waals surface area (Å²) in [6.45, 7) is 0. The van der Waals surface area contributed by atoms with Crippen LogP contribution in [0.1, 0.15) is 0 Å². The molecule has 6 aromatic heterocycles. The van der Waals surface area contributed by atoms with Crippen LogP contribution in [-0.2, 0) is 20.0 Å². The van der Waals surface area contributed by atoms with E-state index >= 15 is 0 Å². The highest BCUT2D eigenvalue weighted by Crippen LogP contribution is 2.35. The Morgan fingerprint density at radius 2 is 0.868 bits per heavy atom. The van der Waals surface area contributed by atoms with Crippen molar-refractivity contribution in [2.75, 3.05) is 44.8 Å². The van der Waals surface area contributed by atoms with E-state index in [9.17, 15) is 16.8 Å². The molecule has 0 spiro atoms. The molecule has 0 bridgehead atoms.